The highest BCUT2D eigenvalue weighted by Crippen LogP contribution is 2.38. The third-order valence-corrected chi connectivity index (χ3v) is 3.19. The minimum atomic E-state index is -1.25. The summed E-state index contributed by atoms with van der Waals surface area (Å²) in [5.41, 5.74) is -1.86. The Bertz CT molecular complexity index is 501. The molecule has 1 fully saturated rings. The molecule has 18 heavy (non-hydrogen) atoms. The van der Waals surface area contributed by atoms with Crippen LogP contribution in [0.4, 0.5) is 20.2 Å². The number of nitro benzene ring substituents is 1. The highest BCUT2D eigenvalue weighted by molar-refractivity contribution is 5.66. The monoisotopic (exact) mass is 258 g/mol. The Balaban J connectivity index is 2.39. The highest BCUT2D eigenvalue weighted by Gasteiger charge is 2.43. The lowest BCUT2D eigenvalue weighted by Crippen LogP contribution is -2.62. The van der Waals surface area contributed by atoms with Crippen LogP contribution in [-0.2, 0) is 0 Å². The van der Waals surface area contributed by atoms with Crippen LogP contribution in [0.15, 0.2) is 12.1 Å². The highest BCUT2D eigenvalue weighted by atomic mass is 19.2. The molecular weight excluding hydrogens is 246 g/mol. The molecule has 2 rings (SSSR count). The number of benzene rings is 1. The van der Waals surface area contributed by atoms with E-state index >= 15 is 0 Å². The van der Waals surface area contributed by atoms with E-state index in [2.05, 4.69) is 0 Å². The van der Waals surface area contributed by atoms with Gasteiger partial charge in [-0.2, -0.15) is 0 Å². The molecule has 0 radical (unpaired) electrons. The van der Waals surface area contributed by atoms with Crippen LogP contribution >= 0.6 is 0 Å². The fourth-order valence-electron chi connectivity index (χ4n) is 2.02. The standard InChI is InChI=1S/C11H12F2N2O3/c1-2-11(16)5-14(6-11)10-8(15(17)18)4-3-7(12)9(10)13/h3-4,16H,2,5-6H2,1H3. The molecule has 98 valence electrons. The van der Waals surface area contributed by atoms with Gasteiger partial charge in [-0.15, -0.1) is 0 Å². The van der Waals surface area contributed by atoms with Crippen molar-refractivity contribution < 1.29 is 18.8 Å². The van der Waals surface area contributed by atoms with Crippen LogP contribution in [-0.4, -0.2) is 28.7 Å². The molecule has 1 aromatic rings. The van der Waals surface area contributed by atoms with Crippen LogP contribution in [0.1, 0.15) is 13.3 Å². The maximum atomic E-state index is 13.6. The first kappa shape index (κ1) is 12.7. The quantitative estimate of drug-likeness (QED) is 0.663. The summed E-state index contributed by atoms with van der Waals surface area (Å²) in [6.07, 6.45) is 0.453. The van der Waals surface area contributed by atoms with Crippen molar-refractivity contribution in [3.05, 3.63) is 33.9 Å². The van der Waals surface area contributed by atoms with E-state index in [0.29, 0.717) is 6.42 Å². The smallest absolute Gasteiger partial charge is 0.295 e. The molecule has 0 unspecified atom stereocenters. The number of hydrogen-bond donors (Lipinski definition) is 1. The molecule has 1 aliphatic rings. The van der Waals surface area contributed by atoms with Crippen molar-refractivity contribution in [2.75, 3.05) is 18.0 Å². The van der Waals surface area contributed by atoms with Gasteiger partial charge in [0, 0.05) is 19.2 Å². The predicted octanol–water partition coefficient (Wildman–Crippen LogP) is 1.83. The van der Waals surface area contributed by atoms with Gasteiger partial charge in [0.1, 0.15) is 0 Å². The predicted molar refractivity (Wildman–Crippen MR) is 60.5 cm³/mol. The maximum absolute atomic E-state index is 13.6. The number of nitro groups is 1. The summed E-state index contributed by atoms with van der Waals surface area (Å²) in [5, 5.41) is 20.6. The Morgan fingerprint density at radius 2 is 2.11 bits per heavy atom. The molecule has 0 spiro atoms. The minimum Gasteiger partial charge on any atom is -0.386 e. The van der Waals surface area contributed by atoms with E-state index in [1.54, 1.807) is 6.92 Å². The second-order valence-electron chi connectivity index (χ2n) is 4.42. The number of aliphatic hydroxyl groups is 1. The number of anilines is 1. The zero-order valence-electron chi connectivity index (χ0n) is 9.69. The Morgan fingerprint density at radius 3 is 2.61 bits per heavy atom. The van der Waals surface area contributed by atoms with E-state index in [-0.39, 0.29) is 13.1 Å². The molecule has 1 saturated heterocycles. The third kappa shape index (κ3) is 1.90. The van der Waals surface area contributed by atoms with E-state index in [9.17, 15) is 24.0 Å². The number of hydrogen-bond acceptors (Lipinski definition) is 4. The summed E-state index contributed by atoms with van der Waals surface area (Å²) in [7, 11) is 0. The number of nitrogens with zero attached hydrogens (tertiary/aromatic N) is 2. The van der Waals surface area contributed by atoms with Gasteiger partial charge in [0.05, 0.1) is 10.5 Å². The second-order valence-corrected chi connectivity index (χ2v) is 4.42. The summed E-state index contributed by atoms with van der Waals surface area (Å²) < 4.78 is 26.8. The van der Waals surface area contributed by atoms with Crippen molar-refractivity contribution in [1.82, 2.24) is 0 Å². The molecule has 1 heterocycles. The second kappa shape index (κ2) is 4.16. The van der Waals surface area contributed by atoms with E-state index in [4.69, 9.17) is 0 Å². The van der Waals surface area contributed by atoms with Crippen molar-refractivity contribution in [2.45, 2.75) is 18.9 Å². The van der Waals surface area contributed by atoms with Crippen molar-refractivity contribution in [3.8, 4) is 0 Å². The van der Waals surface area contributed by atoms with Gasteiger partial charge >= 0.3 is 0 Å². The first-order valence-corrected chi connectivity index (χ1v) is 5.47. The SMILES string of the molecule is CCC1(O)CN(c2c([N+](=O)[O-])ccc(F)c2F)C1. The summed E-state index contributed by atoms with van der Waals surface area (Å²) in [4.78, 5) is 11.3. The molecule has 1 aromatic carbocycles. The molecule has 0 saturated carbocycles. The largest absolute Gasteiger partial charge is 0.386 e. The lowest BCUT2D eigenvalue weighted by molar-refractivity contribution is -0.384. The van der Waals surface area contributed by atoms with Gasteiger partial charge < -0.3 is 10.0 Å². The van der Waals surface area contributed by atoms with Crippen molar-refractivity contribution >= 4 is 11.4 Å². The molecule has 1 N–H and O–H groups in total. The molecular formula is C11H12F2N2O3. The maximum Gasteiger partial charge on any atom is 0.295 e. The van der Waals surface area contributed by atoms with Crippen LogP contribution in [0, 0.1) is 21.7 Å². The first-order valence-electron chi connectivity index (χ1n) is 5.47. The van der Waals surface area contributed by atoms with E-state index < -0.39 is 33.5 Å². The summed E-state index contributed by atoms with van der Waals surface area (Å²) in [6, 6.07) is 1.65. The van der Waals surface area contributed by atoms with Crippen LogP contribution < -0.4 is 4.90 Å². The third-order valence-electron chi connectivity index (χ3n) is 3.19. The van der Waals surface area contributed by atoms with Gasteiger partial charge in [-0.05, 0) is 12.5 Å². The Morgan fingerprint density at radius 1 is 1.50 bits per heavy atom. The lowest BCUT2D eigenvalue weighted by Gasteiger charge is -2.47. The Kier molecular flexibility index (Phi) is 2.94. The molecule has 5 nitrogen and oxygen atoms in total. The average Bonchev–Trinajstić information content (AvgIpc) is 2.28. The fourth-order valence-corrected chi connectivity index (χ4v) is 2.02. The van der Waals surface area contributed by atoms with Gasteiger partial charge in [-0.1, -0.05) is 6.92 Å². The molecule has 0 aromatic heterocycles. The molecule has 0 atom stereocenters. The molecule has 0 bridgehead atoms. The summed E-state index contributed by atoms with van der Waals surface area (Å²) in [5.74, 6) is -2.38. The van der Waals surface area contributed by atoms with Crippen molar-refractivity contribution in [2.24, 2.45) is 0 Å². The van der Waals surface area contributed by atoms with Crippen LogP contribution in [0.2, 0.25) is 0 Å². The first-order chi connectivity index (χ1) is 8.38. The van der Waals surface area contributed by atoms with E-state index in [1.807, 2.05) is 0 Å². The summed E-state index contributed by atoms with van der Waals surface area (Å²) in [6.45, 7) is 1.88. The van der Waals surface area contributed by atoms with Crippen LogP contribution in [0.25, 0.3) is 0 Å². The average molecular weight is 258 g/mol. The van der Waals surface area contributed by atoms with Gasteiger partial charge in [-0.25, -0.2) is 8.78 Å². The topological polar surface area (TPSA) is 66.6 Å². The Labute approximate surface area is 102 Å². The zero-order chi connectivity index (χ0) is 13.5. The van der Waals surface area contributed by atoms with Crippen LogP contribution in [0.5, 0.6) is 0 Å². The van der Waals surface area contributed by atoms with Gasteiger partial charge in [0.25, 0.3) is 5.69 Å². The van der Waals surface area contributed by atoms with E-state index in [0.717, 1.165) is 12.1 Å². The van der Waals surface area contributed by atoms with Gasteiger partial charge in [0.15, 0.2) is 17.3 Å². The molecule has 0 amide bonds. The van der Waals surface area contributed by atoms with Crippen molar-refractivity contribution in [1.29, 1.82) is 0 Å². The molecule has 7 heteroatoms. The Hall–Kier alpha value is -1.76. The normalized spacial score (nSPS) is 17.4. The van der Waals surface area contributed by atoms with E-state index in [1.165, 1.54) is 4.90 Å². The molecule has 1 aliphatic heterocycles. The number of halogens is 2. The minimum absolute atomic E-state index is 0.0602. The molecule has 0 aliphatic carbocycles. The van der Waals surface area contributed by atoms with Crippen molar-refractivity contribution in [3.63, 3.8) is 0 Å². The fraction of sp³-hybridized carbons (Fsp3) is 0.455. The number of β-amino-alcohol motifs (C(OH)–C–C–N with tert-alkyl or cyclic N) is 1. The van der Waals surface area contributed by atoms with Gasteiger partial charge in [0.2, 0.25) is 0 Å². The number of rotatable bonds is 3. The van der Waals surface area contributed by atoms with Crippen LogP contribution in [0.3, 0.4) is 0 Å². The lowest BCUT2D eigenvalue weighted by atomic mass is 9.90. The summed E-state index contributed by atoms with van der Waals surface area (Å²) >= 11 is 0. The zero-order valence-corrected chi connectivity index (χ0v) is 9.69. The van der Waals surface area contributed by atoms with Gasteiger partial charge in [-0.3, -0.25) is 10.1 Å².